The van der Waals surface area contributed by atoms with Gasteiger partial charge < -0.3 is 4.74 Å². The van der Waals surface area contributed by atoms with Crippen molar-refractivity contribution in [3.05, 3.63) is 172 Å². The molecule has 0 saturated carbocycles. The minimum Gasteiger partial charge on any atom is -0.473 e. The van der Waals surface area contributed by atoms with Crippen LogP contribution in [0.25, 0.3) is 0 Å². The highest BCUT2D eigenvalue weighted by Gasteiger charge is 2.47. The van der Waals surface area contributed by atoms with Crippen molar-refractivity contribution < 1.29 is 119 Å². The fourth-order valence-electron chi connectivity index (χ4n) is 8.59. The molecule has 0 aliphatic heterocycles. The molecule has 0 amide bonds. The van der Waals surface area contributed by atoms with E-state index in [9.17, 15) is 110 Å². The fraction of sp³-hybridized carbons (Fsp3) is 0.327. The van der Waals surface area contributed by atoms with Crippen molar-refractivity contribution in [2.24, 2.45) is 0 Å². The lowest BCUT2D eigenvalue weighted by molar-refractivity contribution is -0.684. The molecule has 0 aliphatic rings. The highest BCUT2D eigenvalue weighted by Crippen LogP contribution is 2.41. The van der Waals surface area contributed by atoms with Crippen LogP contribution in [-0.4, -0.2) is 23.5 Å². The van der Waals surface area contributed by atoms with Crippen LogP contribution in [0.5, 0.6) is 5.88 Å². The number of carbonyl (C=O) groups is 1. The summed E-state index contributed by atoms with van der Waals surface area (Å²) in [5.74, 6) is 0.653. The van der Waals surface area contributed by atoms with E-state index >= 15 is 0 Å². The summed E-state index contributed by atoms with van der Waals surface area (Å²) in [6, 6.07) is 0.513. The molecule has 0 aliphatic carbocycles. The topological polar surface area (TPSA) is 43.1 Å². The zero-order chi connectivity index (χ0) is 61.0. The van der Waals surface area contributed by atoms with Crippen molar-refractivity contribution >= 4 is 33.8 Å². The number of hydrogen-bond acceptors (Lipinski definition) is 3. The van der Waals surface area contributed by atoms with Crippen LogP contribution in [0.4, 0.5) is 105 Å². The number of halogens is 24. The third-order valence-electron chi connectivity index (χ3n) is 12.3. The lowest BCUT2D eigenvalue weighted by Crippen LogP contribution is -2.75. The number of rotatable bonds is 15. The summed E-state index contributed by atoms with van der Waals surface area (Å²) >= 11 is 0. The molecular formula is C52H39BF24N2O2. The van der Waals surface area contributed by atoms with Gasteiger partial charge in [0, 0.05) is 5.56 Å². The average Bonchev–Trinajstić information content (AvgIpc) is 3.53. The number of benzene rings is 5. The smallest absolute Gasteiger partial charge is 0.416 e. The molecule has 0 spiro atoms. The van der Waals surface area contributed by atoms with Crippen LogP contribution in [-0.2, 0) is 56.0 Å². The summed E-state index contributed by atoms with van der Waals surface area (Å²) in [5, 5.41) is 0. The van der Waals surface area contributed by atoms with Gasteiger partial charge in [-0.15, -0.1) is 0 Å². The highest BCUT2D eigenvalue weighted by atomic mass is 19.4. The minimum absolute atomic E-state index is 0.0775. The number of carbonyl (C=O) groups excluding carboxylic acids is 1. The van der Waals surface area contributed by atoms with E-state index in [1.54, 1.807) is 18.6 Å². The zero-order valence-electron chi connectivity index (χ0n) is 41.1. The van der Waals surface area contributed by atoms with Crippen molar-refractivity contribution in [3.8, 4) is 5.88 Å². The Hall–Kier alpha value is -6.97. The first-order valence-electron chi connectivity index (χ1n) is 23.5. The number of ketones is 1. The van der Waals surface area contributed by atoms with Crippen LogP contribution in [0.3, 0.4) is 0 Å². The molecule has 81 heavy (non-hydrogen) atoms. The van der Waals surface area contributed by atoms with Crippen molar-refractivity contribution in [2.45, 2.75) is 101 Å². The SMILES string of the molecule is CCCCCCCCOc1c[n+](CC(=O)c2ccccc2)ccn1.FC(F)(F)c1cc([B-](c2cc(C(F)(F)F)cc(C(F)(F)F)c2)(c2cc(C(F)(F)F)cc(C(F)(F)F)c2)c2cc(C(F)(F)F)cc(C(F)(F)F)c2)cc(C(F)(F)F)c1. The molecule has 1 aromatic heterocycles. The predicted octanol–water partition coefficient (Wildman–Crippen LogP) is 15.2. The summed E-state index contributed by atoms with van der Waals surface area (Å²) in [4.78, 5) is 16.4. The molecule has 440 valence electrons. The molecule has 0 radical (unpaired) electrons. The van der Waals surface area contributed by atoms with E-state index in [2.05, 4.69) is 11.9 Å². The highest BCUT2D eigenvalue weighted by molar-refractivity contribution is 7.20. The standard InChI is InChI=1S/C32H12BF24.C20H27N2O2/c34-25(35,36)13-1-14(26(37,38)39)6-21(5-13)33(22-7-15(27(40,41)42)2-16(8-22)28(43,44)45,23-9-17(29(46,47)48)3-18(10-23)30(49,50)51)24-11-19(31(52,53)54)4-20(12-24)32(55,56)57;1-2-3-4-5-6-10-15-24-20-17-22(14-13-21-20)16-19(23)18-11-8-7-9-12-18/h1-12H;7-9,11-14,17H,2-6,10,15-16H2,1H3/q-1;+1. The van der Waals surface area contributed by atoms with Crippen LogP contribution in [0.15, 0.2) is 122 Å². The molecule has 4 nitrogen and oxygen atoms in total. The van der Waals surface area contributed by atoms with Crippen LogP contribution >= 0.6 is 0 Å². The molecular weight excluding hydrogens is 1150 g/mol. The van der Waals surface area contributed by atoms with Gasteiger partial charge in [0.1, 0.15) is 6.15 Å². The Bertz CT molecular complexity index is 2680. The van der Waals surface area contributed by atoms with Crippen LogP contribution in [0, 0.1) is 0 Å². The van der Waals surface area contributed by atoms with E-state index in [0.717, 1.165) is 12.0 Å². The maximum absolute atomic E-state index is 14.2. The normalized spacial score (nSPS) is 13.2. The van der Waals surface area contributed by atoms with Gasteiger partial charge >= 0.3 is 49.4 Å². The van der Waals surface area contributed by atoms with E-state index in [0.29, 0.717) is 19.0 Å². The number of alkyl halides is 24. The number of nitrogens with zero attached hydrogens (tertiary/aromatic N) is 2. The maximum atomic E-state index is 14.2. The van der Waals surface area contributed by atoms with Crippen LogP contribution < -0.4 is 31.2 Å². The van der Waals surface area contributed by atoms with Crippen LogP contribution in [0.2, 0.25) is 0 Å². The maximum Gasteiger partial charge on any atom is 0.416 e. The largest absolute Gasteiger partial charge is 0.473 e. The van der Waals surface area contributed by atoms with Crippen molar-refractivity contribution in [2.75, 3.05) is 6.61 Å². The van der Waals surface area contributed by atoms with Gasteiger partial charge in [0.05, 0.1) is 57.3 Å². The third kappa shape index (κ3) is 16.8. The summed E-state index contributed by atoms with van der Waals surface area (Å²) < 4.78 is 348. The van der Waals surface area contributed by atoms with Gasteiger partial charge in [-0.1, -0.05) is 118 Å². The molecule has 0 unspecified atom stereocenters. The quantitative estimate of drug-likeness (QED) is 0.0338. The molecule has 1 heterocycles. The van der Waals surface area contributed by atoms with Gasteiger partial charge in [-0.25, -0.2) is 4.98 Å². The number of unbranched alkanes of at least 4 members (excludes halogenated alkanes) is 5. The van der Waals surface area contributed by atoms with E-state index < -0.39 is 195 Å². The first-order valence-corrected chi connectivity index (χ1v) is 23.5. The molecule has 0 fully saturated rings. The Kier molecular flexibility index (Phi) is 19.4. The van der Waals surface area contributed by atoms with E-state index in [1.807, 2.05) is 34.9 Å². The molecule has 0 bridgehead atoms. The Balaban J connectivity index is 0.000000416. The second-order valence-electron chi connectivity index (χ2n) is 18.2. The lowest BCUT2D eigenvalue weighted by Gasteiger charge is -2.46. The van der Waals surface area contributed by atoms with Crippen molar-refractivity contribution in [1.29, 1.82) is 0 Å². The number of Topliss-reactive ketones (excluding diaryl/α,β-unsaturated/α-hetero) is 1. The first kappa shape index (κ1) is 64.9. The summed E-state index contributed by atoms with van der Waals surface area (Å²) in [7, 11) is 0. The molecule has 6 aromatic rings. The lowest BCUT2D eigenvalue weighted by atomic mass is 9.12. The predicted molar refractivity (Wildman–Crippen MR) is 244 cm³/mol. The van der Waals surface area contributed by atoms with E-state index in [-0.39, 0.29) is 5.78 Å². The first-order chi connectivity index (χ1) is 37.1. The van der Waals surface area contributed by atoms with Crippen molar-refractivity contribution in [1.82, 2.24) is 4.98 Å². The number of ether oxygens (including phenoxy) is 1. The Morgan fingerprint density at radius 2 is 0.728 bits per heavy atom. The summed E-state index contributed by atoms with van der Waals surface area (Å²) in [6.07, 6.45) is -42.2. The van der Waals surface area contributed by atoms with Gasteiger partial charge in [-0.05, 0) is 30.7 Å². The number of aromatic nitrogens is 2. The van der Waals surface area contributed by atoms with Gasteiger partial charge in [0.25, 0.3) is 5.88 Å². The molecule has 6 rings (SSSR count). The Morgan fingerprint density at radius 3 is 1.02 bits per heavy atom. The molecule has 0 N–H and O–H groups in total. The molecule has 0 saturated heterocycles. The minimum atomic E-state index is -6.13. The van der Waals surface area contributed by atoms with Crippen LogP contribution in [0.1, 0.15) is 100 Å². The van der Waals surface area contributed by atoms with Gasteiger partial charge in [0.2, 0.25) is 18.5 Å². The Morgan fingerprint density at radius 1 is 0.432 bits per heavy atom. The monoisotopic (exact) mass is 1190 g/mol. The molecule has 29 heteroatoms. The van der Waals surface area contributed by atoms with Gasteiger partial charge in [-0.2, -0.15) is 132 Å². The third-order valence-corrected chi connectivity index (χ3v) is 12.3. The summed E-state index contributed by atoms with van der Waals surface area (Å²) in [5.41, 5.74) is -29.5. The van der Waals surface area contributed by atoms with Gasteiger partial charge in [0.15, 0.2) is 6.20 Å². The second-order valence-corrected chi connectivity index (χ2v) is 18.2. The van der Waals surface area contributed by atoms with E-state index in [1.165, 1.54) is 32.1 Å². The summed E-state index contributed by atoms with van der Waals surface area (Å²) in [6.45, 7) is 3.19. The average molecular weight is 1190 g/mol. The number of hydrogen-bond donors (Lipinski definition) is 0. The van der Waals surface area contributed by atoms with E-state index in [4.69, 9.17) is 4.74 Å². The van der Waals surface area contributed by atoms with Gasteiger partial charge in [-0.3, -0.25) is 4.79 Å². The molecule has 0 atom stereocenters. The van der Waals surface area contributed by atoms with Crippen molar-refractivity contribution in [3.63, 3.8) is 0 Å². The Labute approximate surface area is 443 Å². The zero-order valence-corrected chi connectivity index (χ0v) is 41.1. The second kappa shape index (κ2) is 24.2. The molecule has 5 aromatic carbocycles. The fourth-order valence-corrected chi connectivity index (χ4v) is 8.59.